The summed E-state index contributed by atoms with van der Waals surface area (Å²) in [4.78, 5) is 0. The van der Waals surface area contributed by atoms with Crippen molar-refractivity contribution in [3.05, 3.63) is 29.3 Å². The molecule has 1 fully saturated rings. The number of likely N-dealkylation sites (N-methyl/N-ethyl adjacent to an activating group) is 1. The number of hydrogen-bond donors (Lipinski definition) is 2. The number of nitrogens with one attached hydrogen (secondary N) is 2. The first kappa shape index (κ1) is 13.4. The molecule has 0 saturated heterocycles. The third kappa shape index (κ3) is 3.24. The molecule has 1 aliphatic rings. The molecule has 1 saturated carbocycles. The van der Waals surface area contributed by atoms with E-state index in [9.17, 15) is 0 Å². The maximum atomic E-state index is 5.38. The van der Waals surface area contributed by atoms with Crippen molar-refractivity contribution in [1.29, 1.82) is 0 Å². The largest absolute Gasteiger partial charge is 0.496 e. The number of ether oxygens (including phenoxy) is 1. The SMILES string of the molecule is CCc1cc(C(CNC2CC2)NC)ccc1OC. The van der Waals surface area contributed by atoms with Gasteiger partial charge in [-0.3, -0.25) is 0 Å². The minimum atomic E-state index is 0.377. The molecule has 18 heavy (non-hydrogen) atoms. The second-order valence-corrected chi connectivity index (χ2v) is 4.95. The van der Waals surface area contributed by atoms with Crippen LogP contribution in [0.3, 0.4) is 0 Å². The molecule has 3 heteroatoms. The molecule has 1 aromatic carbocycles. The molecule has 0 radical (unpaired) electrons. The summed E-state index contributed by atoms with van der Waals surface area (Å²) in [5, 5.41) is 6.97. The van der Waals surface area contributed by atoms with E-state index in [4.69, 9.17) is 4.74 Å². The average Bonchev–Trinajstić information content (AvgIpc) is 3.23. The van der Waals surface area contributed by atoms with Gasteiger partial charge in [0.15, 0.2) is 0 Å². The van der Waals surface area contributed by atoms with E-state index in [1.54, 1.807) is 7.11 Å². The van der Waals surface area contributed by atoms with Crippen molar-refractivity contribution in [2.24, 2.45) is 0 Å². The van der Waals surface area contributed by atoms with Crippen molar-refractivity contribution in [3.8, 4) is 5.75 Å². The third-order valence-electron chi connectivity index (χ3n) is 3.62. The highest BCUT2D eigenvalue weighted by atomic mass is 16.5. The minimum absolute atomic E-state index is 0.377. The van der Waals surface area contributed by atoms with Crippen LogP contribution in [-0.4, -0.2) is 26.7 Å². The molecule has 1 atom stereocenters. The number of hydrogen-bond acceptors (Lipinski definition) is 3. The Morgan fingerprint density at radius 2 is 2.17 bits per heavy atom. The summed E-state index contributed by atoms with van der Waals surface area (Å²) in [6.45, 7) is 3.16. The first-order chi connectivity index (χ1) is 8.78. The first-order valence-electron chi connectivity index (χ1n) is 6.86. The van der Waals surface area contributed by atoms with Gasteiger partial charge < -0.3 is 15.4 Å². The van der Waals surface area contributed by atoms with E-state index in [1.807, 2.05) is 7.05 Å². The van der Waals surface area contributed by atoms with Crippen LogP contribution < -0.4 is 15.4 Å². The summed E-state index contributed by atoms with van der Waals surface area (Å²) in [6, 6.07) is 7.63. The fourth-order valence-electron chi connectivity index (χ4n) is 2.25. The molecule has 0 aromatic heterocycles. The molecule has 0 amide bonds. The lowest BCUT2D eigenvalue weighted by atomic mass is 10.0. The van der Waals surface area contributed by atoms with Gasteiger partial charge in [-0.1, -0.05) is 19.1 Å². The van der Waals surface area contributed by atoms with Gasteiger partial charge in [0.1, 0.15) is 5.75 Å². The highest BCUT2D eigenvalue weighted by Crippen LogP contribution is 2.25. The van der Waals surface area contributed by atoms with Gasteiger partial charge in [0.25, 0.3) is 0 Å². The summed E-state index contributed by atoms with van der Waals surface area (Å²) >= 11 is 0. The van der Waals surface area contributed by atoms with E-state index in [2.05, 4.69) is 35.8 Å². The Hall–Kier alpha value is -1.06. The van der Waals surface area contributed by atoms with Crippen molar-refractivity contribution in [3.63, 3.8) is 0 Å². The second kappa shape index (κ2) is 6.21. The van der Waals surface area contributed by atoms with Crippen molar-refractivity contribution in [1.82, 2.24) is 10.6 Å². The average molecular weight is 248 g/mol. The molecule has 2 N–H and O–H groups in total. The number of benzene rings is 1. The highest BCUT2D eigenvalue weighted by molar-refractivity contribution is 5.38. The zero-order chi connectivity index (χ0) is 13.0. The standard InChI is InChI=1S/C15H24N2O/c1-4-11-9-12(5-8-15(11)18-3)14(16-2)10-17-13-6-7-13/h5,8-9,13-14,16-17H,4,6-7,10H2,1-3H3. The molecular weight excluding hydrogens is 224 g/mol. The van der Waals surface area contributed by atoms with Crippen LogP contribution in [-0.2, 0) is 6.42 Å². The second-order valence-electron chi connectivity index (χ2n) is 4.95. The molecule has 0 bridgehead atoms. The Kier molecular flexibility index (Phi) is 4.61. The zero-order valence-electron chi connectivity index (χ0n) is 11.6. The van der Waals surface area contributed by atoms with Crippen LogP contribution in [0.15, 0.2) is 18.2 Å². The molecular formula is C15H24N2O. The summed E-state index contributed by atoms with van der Waals surface area (Å²) < 4.78 is 5.38. The molecule has 1 unspecified atom stereocenters. The van der Waals surface area contributed by atoms with Gasteiger partial charge >= 0.3 is 0 Å². The first-order valence-corrected chi connectivity index (χ1v) is 6.86. The lowest BCUT2D eigenvalue weighted by Crippen LogP contribution is -2.30. The molecule has 0 spiro atoms. The maximum Gasteiger partial charge on any atom is 0.122 e. The smallest absolute Gasteiger partial charge is 0.122 e. The molecule has 0 aliphatic heterocycles. The Balaban J connectivity index is 2.08. The summed E-state index contributed by atoms with van der Waals surface area (Å²) in [5.74, 6) is 0.992. The van der Waals surface area contributed by atoms with Crippen LogP contribution in [0.4, 0.5) is 0 Å². The van der Waals surface area contributed by atoms with Gasteiger partial charge in [0.2, 0.25) is 0 Å². The van der Waals surface area contributed by atoms with E-state index < -0.39 is 0 Å². The Bertz CT molecular complexity index is 388. The highest BCUT2D eigenvalue weighted by Gasteiger charge is 2.22. The maximum absolute atomic E-state index is 5.38. The Morgan fingerprint density at radius 1 is 1.39 bits per heavy atom. The van der Waals surface area contributed by atoms with E-state index in [0.29, 0.717) is 6.04 Å². The van der Waals surface area contributed by atoms with Crippen LogP contribution in [0, 0.1) is 0 Å². The van der Waals surface area contributed by atoms with E-state index >= 15 is 0 Å². The molecule has 2 rings (SSSR count). The quantitative estimate of drug-likeness (QED) is 0.776. The van der Waals surface area contributed by atoms with Crippen molar-refractivity contribution >= 4 is 0 Å². The fourth-order valence-corrected chi connectivity index (χ4v) is 2.25. The Labute approximate surface area is 110 Å². The summed E-state index contributed by atoms with van der Waals surface area (Å²) in [7, 11) is 3.76. The summed E-state index contributed by atoms with van der Waals surface area (Å²) in [6.07, 6.45) is 3.67. The normalized spacial score (nSPS) is 16.6. The lowest BCUT2D eigenvalue weighted by molar-refractivity contribution is 0.409. The predicted octanol–water partition coefficient (Wildman–Crippen LogP) is 2.27. The van der Waals surface area contributed by atoms with Crippen LogP contribution >= 0.6 is 0 Å². The molecule has 1 aliphatic carbocycles. The zero-order valence-corrected chi connectivity index (χ0v) is 11.6. The monoisotopic (exact) mass is 248 g/mol. The van der Waals surface area contributed by atoms with Crippen LogP contribution in [0.25, 0.3) is 0 Å². The van der Waals surface area contributed by atoms with Crippen LogP contribution in [0.2, 0.25) is 0 Å². The summed E-state index contributed by atoms with van der Waals surface area (Å²) in [5.41, 5.74) is 2.62. The topological polar surface area (TPSA) is 33.3 Å². The van der Waals surface area contributed by atoms with Crippen molar-refractivity contribution in [2.45, 2.75) is 38.3 Å². The Morgan fingerprint density at radius 3 is 2.72 bits per heavy atom. The van der Waals surface area contributed by atoms with E-state index in [0.717, 1.165) is 24.8 Å². The van der Waals surface area contributed by atoms with Crippen molar-refractivity contribution < 1.29 is 4.74 Å². The van der Waals surface area contributed by atoms with Gasteiger partial charge in [0.05, 0.1) is 7.11 Å². The molecule has 100 valence electrons. The molecule has 1 aromatic rings. The van der Waals surface area contributed by atoms with Gasteiger partial charge in [-0.2, -0.15) is 0 Å². The lowest BCUT2D eigenvalue weighted by Gasteiger charge is -2.19. The van der Waals surface area contributed by atoms with Gasteiger partial charge in [-0.25, -0.2) is 0 Å². The number of aryl methyl sites for hydroxylation is 1. The van der Waals surface area contributed by atoms with Gasteiger partial charge in [-0.15, -0.1) is 0 Å². The van der Waals surface area contributed by atoms with Crippen molar-refractivity contribution in [2.75, 3.05) is 20.7 Å². The molecule has 0 heterocycles. The number of methoxy groups -OCH3 is 1. The van der Waals surface area contributed by atoms with Gasteiger partial charge in [-0.05, 0) is 43.5 Å². The third-order valence-corrected chi connectivity index (χ3v) is 3.62. The predicted molar refractivity (Wildman–Crippen MR) is 75.2 cm³/mol. The van der Waals surface area contributed by atoms with E-state index in [-0.39, 0.29) is 0 Å². The fraction of sp³-hybridized carbons (Fsp3) is 0.600. The minimum Gasteiger partial charge on any atom is -0.496 e. The van der Waals surface area contributed by atoms with Gasteiger partial charge in [0, 0.05) is 18.6 Å². The number of rotatable bonds is 7. The van der Waals surface area contributed by atoms with Crippen LogP contribution in [0.5, 0.6) is 5.75 Å². The van der Waals surface area contributed by atoms with E-state index in [1.165, 1.54) is 24.0 Å². The van der Waals surface area contributed by atoms with Crippen LogP contribution in [0.1, 0.15) is 36.9 Å². The molecule has 3 nitrogen and oxygen atoms in total.